The molecule has 1 fully saturated rings. The van der Waals surface area contributed by atoms with E-state index in [4.69, 9.17) is 10.5 Å². The van der Waals surface area contributed by atoms with Crippen LogP contribution in [-0.2, 0) is 4.74 Å². The van der Waals surface area contributed by atoms with E-state index in [2.05, 4.69) is 4.74 Å². The van der Waals surface area contributed by atoms with E-state index in [1.807, 2.05) is 0 Å². The topological polar surface area (TPSA) is 53.3 Å². The molecule has 46 valence electrons. The standard InChI is InChI=1S/C5H9NO2/c6-5(8-3-7)4-1-2-4/h4,6-7H,1-3H2. The molecule has 3 heteroatoms. The SMILES string of the molecule is N=C(OCO)C1CC1. The fraction of sp³-hybridized carbons (Fsp3) is 0.800. The van der Waals surface area contributed by atoms with E-state index < -0.39 is 0 Å². The van der Waals surface area contributed by atoms with Gasteiger partial charge in [0.15, 0.2) is 12.7 Å². The monoisotopic (exact) mass is 115 g/mol. The Balaban J connectivity index is 2.13. The number of ether oxygens (including phenoxy) is 1. The van der Waals surface area contributed by atoms with Crippen LogP contribution in [0.25, 0.3) is 0 Å². The third-order valence-corrected chi connectivity index (χ3v) is 1.17. The molecule has 0 heterocycles. The molecule has 0 aromatic heterocycles. The summed E-state index contributed by atoms with van der Waals surface area (Å²) in [6.45, 7) is -0.352. The van der Waals surface area contributed by atoms with Crippen LogP contribution >= 0.6 is 0 Å². The molecule has 2 N–H and O–H groups in total. The summed E-state index contributed by atoms with van der Waals surface area (Å²) in [5.74, 6) is 0.564. The van der Waals surface area contributed by atoms with E-state index >= 15 is 0 Å². The maximum atomic E-state index is 8.15. The highest BCUT2D eigenvalue weighted by Gasteiger charge is 2.27. The van der Waals surface area contributed by atoms with Crippen molar-refractivity contribution in [3.8, 4) is 0 Å². The van der Waals surface area contributed by atoms with Gasteiger partial charge >= 0.3 is 0 Å². The van der Waals surface area contributed by atoms with Crippen LogP contribution in [0, 0.1) is 11.3 Å². The van der Waals surface area contributed by atoms with E-state index in [1.165, 1.54) is 0 Å². The highest BCUT2D eigenvalue weighted by atomic mass is 16.6. The average Bonchev–Trinajstić information content (AvgIpc) is 2.45. The quantitative estimate of drug-likeness (QED) is 0.310. The lowest BCUT2D eigenvalue weighted by molar-refractivity contribution is 0.0832. The van der Waals surface area contributed by atoms with Gasteiger partial charge in [0.2, 0.25) is 0 Å². The predicted molar refractivity (Wildman–Crippen MR) is 28.6 cm³/mol. The molecule has 1 rings (SSSR count). The molecule has 0 atom stereocenters. The van der Waals surface area contributed by atoms with Gasteiger partial charge in [0.25, 0.3) is 0 Å². The number of aliphatic hydroxyl groups excluding tert-OH is 1. The lowest BCUT2D eigenvalue weighted by atomic mass is 10.4. The summed E-state index contributed by atoms with van der Waals surface area (Å²) in [4.78, 5) is 0. The maximum Gasteiger partial charge on any atom is 0.187 e. The van der Waals surface area contributed by atoms with Crippen molar-refractivity contribution in [1.82, 2.24) is 0 Å². The van der Waals surface area contributed by atoms with Gasteiger partial charge < -0.3 is 9.84 Å². The van der Waals surface area contributed by atoms with Gasteiger partial charge in [-0.05, 0) is 12.8 Å². The van der Waals surface area contributed by atoms with Crippen molar-refractivity contribution >= 4 is 5.90 Å². The van der Waals surface area contributed by atoms with Crippen LogP contribution < -0.4 is 0 Å². The second kappa shape index (κ2) is 2.13. The first-order valence-corrected chi connectivity index (χ1v) is 2.66. The summed E-state index contributed by atoms with van der Waals surface area (Å²) >= 11 is 0. The van der Waals surface area contributed by atoms with Crippen molar-refractivity contribution in [2.24, 2.45) is 5.92 Å². The summed E-state index contributed by atoms with van der Waals surface area (Å²) in [7, 11) is 0. The van der Waals surface area contributed by atoms with Crippen molar-refractivity contribution in [3.05, 3.63) is 0 Å². The van der Waals surface area contributed by atoms with Crippen LogP contribution in [0.15, 0.2) is 0 Å². The predicted octanol–water partition coefficient (Wildman–Crippen LogP) is 0.340. The molecular weight excluding hydrogens is 106 g/mol. The zero-order valence-corrected chi connectivity index (χ0v) is 4.55. The third kappa shape index (κ3) is 1.20. The minimum Gasteiger partial charge on any atom is -0.455 e. The maximum absolute atomic E-state index is 8.15. The number of hydrogen-bond donors (Lipinski definition) is 2. The van der Waals surface area contributed by atoms with Gasteiger partial charge in [0.1, 0.15) is 0 Å². The molecule has 0 radical (unpaired) electrons. The lowest BCUT2D eigenvalue weighted by Crippen LogP contribution is -2.05. The average molecular weight is 115 g/mol. The third-order valence-electron chi connectivity index (χ3n) is 1.17. The summed E-state index contributed by atoms with van der Waals surface area (Å²) < 4.78 is 4.50. The van der Waals surface area contributed by atoms with Crippen LogP contribution in [0.5, 0.6) is 0 Å². The van der Waals surface area contributed by atoms with Crippen molar-refractivity contribution in [3.63, 3.8) is 0 Å². The zero-order valence-electron chi connectivity index (χ0n) is 4.55. The molecule has 0 aromatic carbocycles. The number of hydrogen-bond acceptors (Lipinski definition) is 3. The van der Waals surface area contributed by atoms with E-state index in [1.54, 1.807) is 0 Å². The molecule has 0 aromatic rings. The fourth-order valence-corrected chi connectivity index (χ4v) is 0.533. The van der Waals surface area contributed by atoms with E-state index in [-0.39, 0.29) is 12.7 Å². The molecule has 3 nitrogen and oxygen atoms in total. The van der Waals surface area contributed by atoms with Gasteiger partial charge in [-0.3, -0.25) is 5.41 Å². The summed E-state index contributed by atoms with van der Waals surface area (Å²) in [5.41, 5.74) is 0. The molecule has 0 spiro atoms. The van der Waals surface area contributed by atoms with Crippen LogP contribution in [0.4, 0.5) is 0 Å². The minimum absolute atomic E-state index is 0.243. The lowest BCUT2D eigenvalue weighted by Gasteiger charge is -1.98. The summed E-state index contributed by atoms with van der Waals surface area (Å²) in [5, 5.41) is 15.2. The highest BCUT2D eigenvalue weighted by Crippen LogP contribution is 2.29. The van der Waals surface area contributed by atoms with Gasteiger partial charge in [-0.15, -0.1) is 0 Å². The molecule has 1 saturated carbocycles. The minimum atomic E-state index is -0.352. The first-order chi connectivity index (χ1) is 3.84. The Bertz CT molecular complexity index is 98.6. The molecule has 0 aliphatic heterocycles. The van der Waals surface area contributed by atoms with E-state index in [0.29, 0.717) is 5.92 Å². The number of nitrogens with one attached hydrogen (secondary N) is 1. The molecule has 1 aliphatic carbocycles. The summed E-state index contributed by atoms with van der Waals surface area (Å²) in [6.07, 6.45) is 2.11. The fourth-order valence-electron chi connectivity index (χ4n) is 0.533. The Morgan fingerprint density at radius 1 is 1.75 bits per heavy atom. The van der Waals surface area contributed by atoms with Gasteiger partial charge in [-0.1, -0.05) is 0 Å². The van der Waals surface area contributed by atoms with Crippen LogP contribution in [0.1, 0.15) is 12.8 Å². The van der Waals surface area contributed by atoms with Gasteiger partial charge in [0, 0.05) is 5.92 Å². The van der Waals surface area contributed by atoms with Gasteiger partial charge in [-0.25, -0.2) is 0 Å². The van der Waals surface area contributed by atoms with Crippen molar-refractivity contribution in [2.45, 2.75) is 12.8 Å². The second-order valence-electron chi connectivity index (χ2n) is 1.91. The van der Waals surface area contributed by atoms with Crippen molar-refractivity contribution < 1.29 is 9.84 Å². The molecule has 0 bridgehead atoms. The Morgan fingerprint density at radius 2 is 2.38 bits per heavy atom. The number of aliphatic hydroxyl groups is 1. The Labute approximate surface area is 47.8 Å². The first-order valence-electron chi connectivity index (χ1n) is 2.66. The number of rotatable bonds is 2. The zero-order chi connectivity index (χ0) is 5.98. The normalized spacial score (nSPS) is 18.1. The van der Waals surface area contributed by atoms with Gasteiger partial charge in [-0.2, -0.15) is 0 Å². The largest absolute Gasteiger partial charge is 0.455 e. The van der Waals surface area contributed by atoms with Crippen LogP contribution in [-0.4, -0.2) is 17.8 Å². The van der Waals surface area contributed by atoms with Crippen LogP contribution in [0.2, 0.25) is 0 Å². The Kier molecular flexibility index (Phi) is 1.48. The smallest absolute Gasteiger partial charge is 0.187 e. The second-order valence-corrected chi connectivity index (χ2v) is 1.91. The Morgan fingerprint density at radius 3 is 2.75 bits per heavy atom. The molecule has 0 saturated heterocycles. The molecule has 8 heavy (non-hydrogen) atoms. The highest BCUT2D eigenvalue weighted by molar-refractivity contribution is 5.77. The van der Waals surface area contributed by atoms with Crippen molar-refractivity contribution in [2.75, 3.05) is 6.79 Å². The van der Waals surface area contributed by atoms with Gasteiger partial charge in [0.05, 0.1) is 0 Å². The molecular formula is C5H9NO2. The molecule has 0 unspecified atom stereocenters. The van der Waals surface area contributed by atoms with E-state index in [0.717, 1.165) is 12.8 Å². The first kappa shape index (κ1) is 5.56. The van der Waals surface area contributed by atoms with Crippen LogP contribution in [0.3, 0.4) is 0 Å². The van der Waals surface area contributed by atoms with Crippen molar-refractivity contribution in [1.29, 1.82) is 5.41 Å². The molecule has 0 amide bonds. The van der Waals surface area contributed by atoms with E-state index in [9.17, 15) is 0 Å². The molecule has 1 aliphatic rings. The Hall–Kier alpha value is -0.570. The summed E-state index contributed by atoms with van der Waals surface area (Å²) in [6, 6.07) is 0.